The van der Waals surface area contributed by atoms with E-state index in [1.165, 1.54) is 6.92 Å². The third-order valence-electron chi connectivity index (χ3n) is 8.37. The Morgan fingerprint density at radius 2 is 1.33 bits per heavy atom. The summed E-state index contributed by atoms with van der Waals surface area (Å²) in [5, 5.41) is 2.70. The van der Waals surface area contributed by atoms with Crippen molar-refractivity contribution in [1.82, 2.24) is 14.9 Å². The molecule has 9 nitrogen and oxygen atoms in total. The van der Waals surface area contributed by atoms with Gasteiger partial charge in [-0.05, 0) is 36.1 Å². The second-order valence-corrected chi connectivity index (χ2v) is 11.8. The number of rotatable bonds is 14. The van der Waals surface area contributed by atoms with E-state index in [2.05, 4.69) is 10.3 Å². The van der Waals surface area contributed by atoms with Crippen molar-refractivity contribution in [2.24, 2.45) is 5.73 Å². The lowest BCUT2D eigenvalue weighted by Crippen LogP contribution is -2.61. The minimum absolute atomic E-state index is 0.0179. The van der Waals surface area contributed by atoms with Crippen molar-refractivity contribution in [2.45, 2.75) is 44.0 Å². The van der Waals surface area contributed by atoms with Crippen LogP contribution < -0.4 is 11.1 Å². The average Bonchev–Trinajstić information content (AvgIpc) is 3.60. The Balaban J connectivity index is 1.59. The van der Waals surface area contributed by atoms with E-state index in [0.717, 1.165) is 22.3 Å². The molecule has 0 saturated heterocycles. The van der Waals surface area contributed by atoms with Crippen LogP contribution in [0.1, 0.15) is 41.8 Å². The van der Waals surface area contributed by atoms with Crippen LogP contribution in [-0.4, -0.2) is 45.6 Å². The molecular formula is C40H40N4O5. The number of nitrogens with zero attached hydrogens (tertiary/aromatic N) is 2. The second kappa shape index (κ2) is 15.9. The summed E-state index contributed by atoms with van der Waals surface area (Å²) in [5.41, 5.74) is 7.57. The number of hydrogen-bond acceptors (Lipinski definition) is 7. The molecule has 0 aliphatic carbocycles. The highest BCUT2D eigenvalue weighted by molar-refractivity contribution is 6.10. The Morgan fingerprint density at radius 3 is 1.84 bits per heavy atom. The standard InChI is InChI=1S/C40H40N4O5/c1-3-4-25-48-37(46)39(2,41)36(45)35(43-38(47)49-28-30-17-9-5-10-18-30)26-34-27-42-29-44(34)40(31-19-11-6-12-20-31,32-21-13-7-14-22-32)33-23-15-8-16-24-33/h3-24,27,29,35H,25-26,28,41H2,1-2H3,(H,43,47). The van der Waals surface area contributed by atoms with Crippen LogP contribution in [-0.2, 0) is 37.6 Å². The molecule has 5 aromatic rings. The Kier molecular flexibility index (Phi) is 11.2. The fourth-order valence-electron chi connectivity index (χ4n) is 5.89. The van der Waals surface area contributed by atoms with Gasteiger partial charge in [-0.15, -0.1) is 0 Å². The number of esters is 1. The molecule has 9 heteroatoms. The summed E-state index contributed by atoms with van der Waals surface area (Å²) < 4.78 is 12.8. The van der Waals surface area contributed by atoms with Gasteiger partial charge in [-0.3, -0.25) is 4.79 Å². The molecular weight excluding hydrogens is 616 g/mol. The molecule has 2 unspecified atom stereocenters. The van der Waals surface area contributed by atoms with E-state index < -0.39 is 35.0 Å². The summed E-state index contributed by atoms with van der Waals surface area (Å²) in [6, 6.07) is 37.9. The lowest BCUT2D eigenvalue weighted by molar-refractivity contribution is -0.152. The number of ketones is 1. The van der Waals surface area contributed by atoms with Crippen molar-refractivity contribution in [1.29, 1.82) is 0 Å². The molecule has 250 valence electrons. The maximum absolute atomic E-state index is 14.2. The number of aromatic nitrogens is 2. The number of hydrogen-bond donors (Lipinski definition) is 2. The fraction of sp³-hybridized carbons (Fsp3) is 0.200. The van der Waals surface area contributed by atoms with Gasteiger partial charge in [0, 0.05) is 18.3 Å². The van der Waals surface area contributed by atoms with E-state index >= 15 is 0 Å². The van der Waals surface area contributed by atoms with Gasteiger partial charge in [-0.2, -0.15) is 0 Å². The maximum atomic E-state index is 14.2. The zero-order valence-electron chi connectivity index (χ0n) is 27.6. The van der Waals surface area contributed by atoms with Crippen LogP contribution in [0.25, 0.3) is 0 Å². The number of Topliss-reactive ketones (excluding diaryl/α,β-unsaturated/α-hetero) is 1. The van der Waals surface area contributed by atoms with Gasteiger partial charge < -0.3 is 25.1 Å². The molecule has 3 N–H and O–H groups in total. The molecule has 0 aliphatic rings. The number of ether oxygens (including phenoxy) is 2. The summed E-state index contributed by atoms with van der Waals surface area (Å²) in [6.45, 7) is 3.00. The van der Waals surface area contributed by atoms with Gasteiger partial charge in [-0.1, -0.05) is 133 Å². The monoisotopic (exact) mass is 656 g/mol. The Bertz CT molecular complexity index is 1760. The van der Waals surface area contributed by atoms with E-state index in [9.17, 15) is 14.4 Å². The first-order valence-electron chi connectivity index (χ1n) is 16.1. The molecule has 1 amide bonds. The van der Waals surface area contributed by atoms with Crippen LogP contribution in [0.2, 0.25) is 0 Å². The highest BCUT2D eigenvalue weighted by atomic mass is 16.5. The lowest BCUT2D eigenvalue weighted by atomic mass is 9.76. The van der Waals surface area contributed by atoms with E-state index in [4.69, 9.17) is 15.2 Å². The van der Waals surface area contributed by atoms with Crippen LogP contribution in [0.4, 0.5) is 4.79 Å². The summed E-state index contributed by atoms with van der Waals surface area (Å²) in [4.78, 5) is 45.1. The molecule has 2 atom stereocenters. The van der Waals surface area contributed by atoms with Gasteiger partial charge in [0.25, 0.3) is 0 Å². The average molecular weight is 657 g/mol. The van der Waals surface area contributed by atoms with Crippen LogP contribution in [0.3, 0.4) is 0 Å². The first kappa shape index (κ1) is 34.5. The Labute approximate surface area is 286 Å². The lowest BCUT2D eigenvalue weighted by Gasteiger charge is -2.39. The van der Waals surface area contributed by atoms with E-state index in [1.807, 2.05) is 126 Å². The third-order valence-corrected chi connectivity index (χ3v) is 8.37. The molecule has 4 aromatic carbocycles. The van der Waals surface area contributed by atoms with Crippen molar-refractivity contribution < 1.29 is 23.9 Å². The molecule has 0 fully saturated rings. The number of allylic oxidation sites excluding steroid dienone is 1. The first-order valence-corrected chi connectivity index (χ1v) is 16.1. The first-order chi connectivity index (χ1) is 23.8. The van der Waals surface area contributed by atoms with Gasteiger partial charge in [0.15, 0.2) is 11.3 Å². The number of nitrogens with two attached hydrogens (primary N) is 1. The molecule has 0 aliphatic heterocycles. The van der Waals surface area contributed by atoms with Crippen molar-refractivity contribution in [3.8, 4) is 0 Å². The topological polar surface area (TPSA) is 126 Å². The van der Waals surface area contributed by atoms with Gasteiger partial charge in [0.2, 0.25) is 0 Å². The summed E-state index contributed by atoms with van der Waals surface area (Å²) in [6.07, 6.45) is 5.80. The molecule has 1 heterocycles. The molecule has 0 radical (unpaired) electrons. The highest BCUT2D eigenvalue weighted by Gasteiger charge is 2.45. The van der Waals surface area contributed by atoms with E-state index in [-0.39, 0.29) is 19.6 Å². The smallest absolute Gasteiger partial charge is 0.408 e. The SMILES string of the molecule is CC=CCOC(=O)C(C)(N)C(=O)C(Cc1cncn1C(c1ccccc1)(c1ccccc1)c1ccccc1)NC(=O)OCc1ccccc1. The molecule has 0 saturated carbocycles. The fourth-order valence-corrected chi connectivity index (χ4v) is 5.89. The minimum atomic E-state index is -2.08. The van der Waals surface area contributed by atoms with Crippen LogP contribution >= 0.6 is 0 Å². The number of alkyl carbamates (subject to hydrolysis) is 1. The van der Waals surface area contributed by atoms with Crippen LogP contribution in [0.5, 0.6) is 0 Å². The van der Waals surface area contributed by atoms with Gasteiger partial charge in [-0.25, -0.2) is 14.6 Å². The number of amides is 1. The molecule has 0 bridgehead atoms. The van der Waals surface area contributed by atoms with Crippen molar-refractivity contribution in [2.75, 3.05) is 6.61 Å². The van der Waals surface area contributed by atoms with Crippen LogP contribution in [0.15, 0.2) is 146 Å². The summed E-state index contributed by atoms with van der Waals surface area (Å²) in [5.74, 6) is -1.66. The van der Waals surface area contributed by atoms with Crippen molar-refractivity contribution in [3.05, 3.63) is 174 Å². The van der Waals surface area contributed by atoms with E-state index in [0.29, 0.717) is 5.69 Å². The predicted molar refractivity (Wildman–Crippen MR) is 187 cm³/mol. The Morgan fingerprint density at radius 1 is 0.816 bits per heavy atom. The van der Waals surface area contributed by atoms with Crippen molar-refractivity contribution >= 4 is 17.8 Å². The largest absolute Gasteiger partial charge is 0.460 e. The Hall–Kier alpha value is -5.80. The predicted octanol–water partition coefficient (Wildman–Crippen LogP) is 5.97. The van der Waals surface area contributed by atoms with Gasteiger partial charge in [0.05, 0.1) is 12.4 Å². The number of carbonyl (C=O) groups excluding carboxylic acids is 3. The zero-order valence-corrected chi connectivity index (χ0v) is 27.6. The zero-order chi connectivity index (χ0) is 34.7. The number of benzene rings is 4. The van der Waals surface area contributed by atoms with Crippen molar-refractivity contribution in [3.63, 3.8) is 0 Å². The number of imidazole rings is 1. The molecule has 5 rings (SSSR count). The highest BCUT2D eigenvalue weighted by Crippen LogP contribution is 2.41. The minimum Gasteiger partial charge on any atom is -0.460 e. The summed E-state index contributed by atoms with van der Waals surface area (Å²) >= 11 is 0. The quantitative estimate of drug-likeness (QED) is 0.0653. The third kappa shape index (κ3) is 7.69. The number of carbonyl (C=O) groups is 3. The number of nitrogens with one attached hydrogen (secondary N) is 1. The second-order valence-electron chi connectivity index (χ2n) is 11.8. The molecule has 1 aromatic heterocycles. The van der Waals surface area contributed by atoms with E-state index in [1.54, 1.807) is 31.6 Å². The normalized spacial score (nSPS) is 13.3. The van der Waals surface area contributed by atoms with Crippen LogP contribution in [0, 0.1) is 0 Å². The molecule has 0 spiro atoms. The molecule has 49 heavy (non-hydrogen) atoms. The summed E-state index contributed by atoms with van der Waals surface area (Å²) in [7, 11) is 0. The van der Waals surface area contributed by atoms with Gasteiger partial charge >= 0.3 is 12.1 Å². The van der Waals surface area contributed by atoms with Gasteiger partial charge in [0.1, 0.15) is 18.8 Å². The maximum Gasteiger partial charge on any atom is 0.408 e.